The molecule has 13 heavy (non-hydrogen) atoms. The van der Waals surface area contributed by atoms with Crippen molar-refractivity contribution in [3.05, 3.63) is 22.2 Å². The summed E-state index contributed by atoms with van der Waals surface area (Å²) in [5, 5.41) is 0. The molecule has 5 heteroatoms. The summed E-state index contributed by atoms with van der Waals surface area (Å²) in [5.41, 5.74) is 5.54. The Labute approximate surface area is 75.2 Å². The van der Waals surface area contributed by atoms with Gasteiger partial charge in [-0.3, -0.25) is 9.59 Å². The van der Waals surface area contributed by atoms with Crippen molar-refractivity contribution in [2.45, 2.75) is 20.4 Å². The number of nitrogens with two attached hydrogens (primary N) is 1. The van der Waals surface area contributed by atoms with Crippen molar-refractivity contribution in [2.24, 2.45) is 0 Å². The largest absolute Gasteiger partial charge is 0.379 e. The van der Waals surface area contributed by atoms with Gasteiger partial charge in [0.1, 0.15) is 5.78 Å². The van der Waals surface area contributed by atoms with Crippen LogP contribution >= 0.6 is 0 Å². The summed E-state index contributed by atoms with van der Waals surface area (Å²) in [6.07, 6.45) is 1.47. The summed E-state index contributed by atoms with van der Waals surface area (Å²) in [6.45, 7) is 3.18. The molecule has 0 aliphatic heterocycles. The molecule has 0 amide bonds. The summed E-state index contributed by atoms with van der Waals surface area (Å²) in [7, 11) is 0. The third kappa shape index (κ3) is 1.93. The van der Waals surface area contributed by atoms with Crippen LogP contribution in [0.25, 0.3) is 0 Å². The van der Waals surface area contributed by atoms with E-state index in [9.17, 15) is 9.59 Å². The van der Waals surface area contributed by atoms with Crippen LogP contribution in [-0.4, -0.2) is 15.3 Å². The maximum absolute atomic E-state index is 11.3. The van der Waals surface area contributed by atoms with E-state index in [1.807, 2.05) is 0 Å². The smallest absolute Gasteiger partial charge is 0.293 e. The molecule has 0 saturated heterocycles. The molecule has 0 atom stereocenters. The topological polar surface area (TPSA) is 78.0 Å². The molecule has 70 valence electrons. The van der Waals surface area contributed by atoms with Gasteiger partial charge in [-0.1, -0.05) is 0 Å². The zero-order valence-electron chi connectivity index (χ0n) is 7.57. The molecule has 0 unspecified atom stereocenters. The van der Waals surface area contributed by atoms with Crippen molar-refractivity contribution in [3.63, 3.8) is 0 Å². The molecule has 0 fully saturated rings. The fourth-order valence-electron chi connectivity index (χ4n) is 1.01. The van der Waals surface area contributed by atoms with E-state index in [1.54, 1.807) is 6.92 Å². The highest BCUT2D eigenvalue weighted by Crippen LogP contribution is 1.94. The Kier molecular flexibility index (Phi) is 2.46. The minimum absolute atomic E-state index is 0.0530. The number of anilines is 1. The number of carbonyl (C=O) groups excluding carboxylic acids is 1. The molecule has 0 radical (unpaired) electrons. The van der Waals surface area contributed by atoms with E-state index in [0.29, 0.717) is 5.69 Å². The highest BCUT2D eigenvalue weighted by molar-refractivity contribution is 5.75. The van der Waals surface area contributed by atoms with Crippen molar-refractivity contribution < 1.29 is 4.79 Å². The number of Topliss-reactive ketones (excluding diaryl/α,β-unsaturated/α-hetero) is 1. The van der Waals surface area contributed by atoms with Crippen LogP contribution in [0, 0.1) is 6.92 Å². The van der Waals surface area contributed by atoms with Gasteiger partial charge < -0.3 is 10.3 Å². The second-order valence-electron chi connectivity index (χ2n) is 2.88. The van der Waals surface area contributed by atoms with Crippen molar-refractivity contribution in [1.29, 1.82) is 0 Å². The number of carbonyl (C=O) groups is 1. The minimum Gasteiger partial charge on any atom is -0.379 e. The molecule has 1 rings (SSSR count). The summed E-state index contributed by atoms with van der Waals surface area (Å²) in [4.78, 5) is 25.8. The first-order valence-electron chi connectivity index (χ1n) is 3.83. The van der Waals surface area contributed by atoms with Gasteiger partial charge in [0.15, 0.2) is 5.82 Å². The van der Waals surface area contributed by atoms with Gasteiger partial charge in [0, 0.05) is 11.9 Å². The van der Waals surface area contributed by atoms with Crippen LogP contribution in [0.15, 0.2) is 11.0 Å². The van der Waals surface area contributed by atoms with Crippen molar-refractivity contribution >= 4 is 11.6 Å². The summed E-state index contributed by atoms with van der Waals surface area (Å²) < 4.78 is 1.31. The van der Waals surface area contributed by atoms with Crippen LogP contribution in [0.1, 0.15) is 12.6 Å². The van der Waals surface area contributed by atoms with E-state index in [1.165, 1.54) is 17.7 Å². The number of ketones is 1. The van der Waals surface area contributed by atoms with Crippen molar-refractivity contribution in [2.75, 3.05) is 5.73 Å². The lowest BCUT2D eigenvalue weighted by molar-refractivity contribution is -0.117. The molecule has 0 spiro atoms. The Balaban J connectivity index is 3.26. The Morgan fingerprint density at radius 3 is 2.85 bits per heavy atom. The Morgan fingerprint density at radius 1 is 1.69 bits per heavy atom. The summed E-state index contributed by atoms with van der Waals surface area (Å²) >= 11 is 0. The lowest BCUT2D eigenvalue weighted by atomic mass is 10.4. The molecule has 0 saturated carbocycles. The number of aromatic nitrogens is 2. The zero-order valence-corrected chi connectivity index (χ0v) is 7.57. The molecule has 1 heterocycles. The van der Waals surface area contributed by atoms with Gasteiger partial charge in [-0.2, -0.15) is 0 Å². The van der Waals surface area contributed by atoms with Gasteiger partial charge in [-0.15, -0.1) is 0 Å². The SMILES string of the molecule is CC(=O)Cn1c(C)cnc(N)c1=O. The first-order chi connectivity index (χ1) is 6.02. The number of hydrogen-bond donors (Lipinski definition) is 1. The van der Waals surface area contributed by atoms with E-state index in [-0.39, 0.29) is 18.1 Å². The summed E-state index contributed by atoms with van der Waals surface area (Å²) in [5.74, 6) is -0.164. The van der Waals surface area contributed by atoms with Gasteiger partial charge >= 0.3 is 0 Å². The van der Waals surface area contributed by atoms with Gasteiger partial charge in [0.05, 0.1) is 6.54 Å². The van der Waals surface area contributed by atoms with E-state index < -0.39 is 5.56 Å². The van der Waals surface area contributed by atoms with Crippen LogP contribution in [0.3, 0.4) is 0 Å². The van der Waals surface area contributed by atoms with E-state index in [4.69, 9.17) is 5.73 Å². The van der Waals surface area contributed by atoms with Crippen LogP contribution in [0.2, 0.25) is 0 Å². The lowest BCUT2D eigenvalue weighted by Gasteiger charge is -2.06. The molecule has 5 nitrogen and oxygen atoms in total. The third-order valence-electron chi connectivity index (χ3n) is 1.66. The molecule has 0 bridgehead atoms. The molecule has 1 aromatic heterocycles. The normalized spacial score (nSPS) is 10.0. The maximum Gasteiger partial charge on any atom is 0.293 e. The molecule has 2 N–H and O–H groups in total. The first-order valence-corrected chi connectivity index (χ1v) is 3.83. The van der Waals surface area contributed by atoms with Gasteiger partial charge in [-0.25, -0.2) is 4.98 Å². The fraction of sp³-hybridized carbons (Fsp3) is 0.375. The minimum atomic E-state index is -0.407. The van der Waals surface area contributed by atoms with Crippen molar-refractivity contribution in [1.82, 2.24) is 9.55 Å². The average molecular weight is 181 g/mol. The number of rotatable bonds is 2. The predicted molar refractivity (Wildman–Crippen MR) is 48.3 cm³/mol. The van der Waals surface area contributed by atoms with E-state index >= 15 is 0 Å². The first kappa shape index (κ1) is 9.44. The van der Waals surface area contributed by atoms with Crippen LogP contribution in [-0.2, 0) is 11.3 Å². The molecule has 0 aliphatic rings. The number of hydrogen-bond acceptors (Lipinski definition) is 4. The Bertz CT molecular complexity index is 395. The number of nitrogen functional groups attached to an aromatic ring is 1. The molecule has 0 aromatic carbocycles. The van der Waals surface area contributed by atoms with Crippen LogP contribution < -0.4 is 11.3 Å². The Morgan fingerprint density at radius 2 is 2.31 bits per heavy atom. The monoisotopic (exact) mass is 181 g/mol. The zero-order chi connectivity index (χ0) is 10.0. The molecule has 1 aromatic rings. The average Bonchev–Trinajstić information content (AvgIpc) is 2.05. The second kappa shape index (κ2) is 3.38. The van der Waals surface area contributed by atoms with Gasteiger partial charge in [0.25, 0.3) is 5.56 Å². The predicted octanol–water partition coefficient (Wildman–Crippen LogP) is -0.277. The number of aryl methyl sites for hydroxylation is 1. The highest BCUT2D eigenvalue weighted by atomic mass is 16.1. The number of nitrogens with zero attached hydrogens (tertiary/aromatic N) is 2. The molecule has 0 aliphatic carbocycles. The van der Waals surface area contributed by atoms with Crippen molar-refractivity contribution in [3.8, 4) is 0 Å². The standard InChI is InChI=1S/C8H11N3O2/c1-5-3-10-7(9)8(13)11(5)4-6(2)12/h3H,4H2,1-2H3,(H2,9,10). The summed E-state index contributed by atoms with van der Waals surface area (Å²) in [6, 6.07) is 0. The highest BCUT2D eigenvalue weighted by Gasteiger charge is 2.05. The van der Waals surface area contributed by atoms with Gasteiger partial charge in [0.2, 0.25) is 0 Å². The van der Waals surface area contributed by atoms with Crippen LogP contribution in [0.4, 0.5) is 5.82 Å². The third-order valence-corrected chi connectivity index (χ3v) is 1.66. The maximum atomic E-state index is 11.3. The Hall–Kier alpha value is -1.65. The van der Waals surface area contributed by atoms with E-state index in [2.05, 4.69) is 4.98 Å². The molecular formula is C8H11N3O2. The lowest BCUT2D eigenvalue weighted by Crippen LogP contribution is -2.28. The fourth-order valence-corrected chi connectivity index (χ4v) is 1.01. The van der Waals surface area contributed by atoms with Crippen LogP contribution in [0.5, 0.6) is 0 Å². The second-order valence-corrected chi connectivity index (χ2v) is 2.88. The van der Waals surface area contributed by atoms with E-state index in [0.717, 1.165) is 0 Å². The van der Waals surface area contributed by atoms with Gasteiger partial charge in [-0.05, 0) is 13.8 Å². The quantitative estimate of drug-likeness (QED) is 0.680. The molecular weight excluding hydrogens is 170 g/mol.